The normalized spacial score (nSPS) is 20.4. The van der Waals surface area contributed by atoms with Crippen molar-refractivity contribution in [2.24, 2.45) is 0 Å². The first kappa shape index (κ1) is 19.8. The lowest BCUT2D eigenvalue weighted by Gasteiger charge is -2.38. The highest BCUT2D eigenvalue weighted by atomic mass is 16.2. The number of aromatic nitrogens is 4. The molecule has 2 fully saturated rings. The van der Waals surface area contributed by atoms with Crippen LogP contribution in [0.25, 0.3) is 0 Å². The molecule has 4 heterocycles. The van der Waals surface area contributed by atoms with Crippen LogP contribution in [-0.4, -0.2) is 80.8 Å². The maximum absolute atomic E-state index is 13.0. The van der Waals surface area contributed by atoms with Crippen LogP contribution in [0.15, 0.2) is 18.5 Å². The van der Waals surface area contributed by atoms with Gasteiger partial charge in [0.1, 0.15) is 0 Å². The smallest absolute Gasteiger partial charge is 0.257 e. The third kappa shape index (κ3) is 4.27. The lowest BCUT2D eigenvalue weighted by atomic mass is 10.2. The highest BCUT2D eigenvalue weighted by molar-refractivity contribution is 5.95. The summed E-state index contributed by atoms with van der Waals surface area (Å²) in [6.45, 7) is 12.3. The standard InChI is InChI=1S/C21H31N7O/c1-4-8-28-15-19(17(3)24-28)20(29)27-9-6-18(14-27)25-10-12-26(13-11-25)21-22-7-5-16(2)23-21/h5,7,15,18H,4,6,8-14H2,1-3H3. The molecule has 0 aromatic carbocycles. The number of nitrogens with zero attached hydrogens (tertiary/aromatic N) is 7. The number of carbonyl (C=O) groups is 1. The van der Waals surface area contributed by atoms with Crippen molar-refractivity contribution in [2.45, 2.75) is 46.2 Å². The van der Waals surface area contributed by atoms with Gasteiger partial charge in [-0.05, 0) is 32.8 Å². The minimum absolute atomic E-state index is 0.124. The first-order valence-electron chi connectivity index (χ1n) is 10.7. The van der Waals surface area contributed by atoms with Gasteiger partial charge < -0.3 is 9.80 Å². The summed E-state index contributed by atoms with van der Waals surface area (Å²) in [6, 6.07) is 2.36. The van der Waals surface area contributed by atoms with E-state index in [9.17, 15) is 4.79 Å². The van der Waals surface area contributed by atoms with E-state index in [1.54, 1.807) is 0 Å². The molecule has 2 aromatic rings. The van der Waals surface area contributed by atoms with Gasteiger partial charge in [-0.2, -0.15) is 5.10 Å². The van der Waals surface area contributed by atoms with Crippen molar-refractivity contribution in [3.05, 3.63) is 35.4 Å². The highest BCUT2D eigenvalue weighted by Gasteiger charge is 2.33. The second-order valence-electron chi connectivity index (χ2n) is 8.11. The molecular formula is C21H31N7O. The first-order chi connectivity index (χ1) is 14.0. The van der Waals surface area contributed by atoms with Gasteiger partial charge in [0.25, 0.3) is 5.91 Å². The minimum atomic E-state index is 0.124. The van der Waals surface area contributed by atoms with Crippen molar-refractivity contribution in [3.63, 3.8) is 0 Å². The quantitative estimate of drug-likeness (QED) is 0.765. The SMILES string of the molecule is CCCn1cc(C(=O)N2CCC(N3CCN(c4nccc(C)n4)CC3)C2)c(C)n1. The van der Waals surface area contributed by atoms with Crippen molar-refractivity contribution in [1.29, 1.82) is 0 Å². The van der Waals surface area contributed by atoms with E-state index in [1.165, 1.54) is 0 Å². The van der Waals surface area contributed by atoms with Gasteiger partial charge in [0.15, 0.2) is 0 Å². The molecule has 0 spiro atoms. The number of anilines is 1. The van der Waals surface area contributed by atoms with Gasteiger partial charge >= 0.3 is 0 Å². The maximum atomic E-state index is 13.0. The third-order valence-electron chi connectivity index (χ3n) is 5.98. The molecule has 156 valence electrons. The summed E-state index contributed by atoms with van der Waals surface area (Å²) in [5, 5.41) is 4.49. The second kappa shape index (κ2) is 8.49. The average molecular weight is 398 g/mol. The Bertz CT molecular complexity index is 856. The van der Waals surface area contributed by atoms with E-state index >= 15 is 0 Å². The number of hydrogen-bond acceptors (Lipinski definition) is 6. The van der Waals surface area contributed by atoms with Gasteiger partial charge in [-0.25, -0.2) is 9.97 Å². The number of amides is 1. The zero-order chi connectivity index (χ0) is 20.4. The summed E-state index contributed by atoms with van der Waals surface area (Å²) in [4.78, 5) is 28.8. The average Bonchev–Trinajstić information content (AvgIpc) is 3.35. The maximum Gasteiger partial charge on any atom is 0.257 e. The van der Waals surface area contributed by atoms with Crippen molar-refractivity contribution in [3.8, 4) is 0 Å². The number of rotatable bonds is 5. The predicted octanol–water partition coefficient (Wildman–Crippen LogP) is 1.74. The molecule has 0 N–H and O–H groups in total. The Kier molecular flexibility index (Phi) is 5.80. The number of aryl methyl sites for hydroxylation is 3. The molecule has 1 amide bonds. The fourth-order valence-electron chi connectivity index (χ4n) is 4.34. The summed E-state index contributed by atoms with van der Waals surface area (Å²) < 4.78 is 1.89. The molecule has 2 aliphatic rings. The molecule has 4 rings (SSSR count). The fraction of sp³-hybridized carbons (Fsp3) is 0.619. The Morgan fingerprint density at radius 2 is 1.97 bits per heavy atom. The lowest BCUT2D eigenvalue weighted by molar-refractivity contribution is 0.0774. The van der Waals surface area contributed by atoms with Crippen molar-refractivity contribution in [2.75, 3.05) is 44.2 Å². The van der Waals surface area contributed by atoms with Gasteiger partial charge in [-0.15, -0.1) is 0 Å². The molecule has 2 aliphatic heterocycles. The van der Waals surface area contributed by atoms with Crippen LogP contribution in [0.5, 0.6) is 0 Å². The van der Waals surface area contributed by atoms with Crippen molar-refractivity contribution >= 4 is 11.9 Å². The van der Waals surface area contributed by atoms with E-state index < -0.39 is 0 Å². The Morgan fingerprint density at radius 3 is 2.69 bits per heavy atom. The summed E-state index contributed by atoms with van der Waals surface area (Å²) in [7, 11) is 0. The number of likely N-dealkylation sites (tertiary alicyclic amines) is 1. The summed E-state index contributed by atoms with van der Waals surface area (Å²) in [5.74, 6) is 0.951. The van der Waals surface area contributed by atoms with E-state index in [2.05, 4.69) is 31.8 Å². The van der Waals surface area contributed by atoms with Crippen LogP contribution in [0.2, 0.25) is 0 Å². The zero-order valence-corrected chi connectivity index (χ0v) is 17.7. The molecule has 29 heavy (non-hydrogen) atoms. The Balaban J connectivity index is 1.33. The molecule has 0 aliphatic carbocycles. The molecule has 8 nitrogen and oxygen atoms in total. The number of hydrogen-bond donors (Lipinski definition) is 0. The highest BCUT2D eigenvalue weighted by Crippen LogP contribution is 2.21. The Labute approximate surface area is 172 Å². The summed E-state index contributed by atoms with van der Waals surface area (Å²) >= 11 is 0. The van der Waals surface area contributed by atoms with Gasteiger partial charge in [0, 0.05) is 69.9 Å². The summed E-state index contributed by atoms with van der Waals surface area (Å²) in [5.41, 5.74) is 2.58. The van der Waals surface area contributed by atoms with Crippen molar-refractivity contribution in [1.82, 2.24) is 29.5 Å². The monoisotopic (exact) mass is 397 g/mol. The molecule has 0 radical (unpaired) electrons. The molecule has 2 saturated heterocycles. The van der Waals surface area contributed by atoms with Crippen LogP contribution < -0.4 is 4.90 Å². The van der Waals surface area contributed by atoms with Crippen molar-refractivity contribution < 1.29 is 4.79 Å². The van der Waals surface area contributed by atoms with Crippen LogP contribution in [-0.2, 0) is 6.54 Å². The fourth-order valence-corrected chi connectivity index (χ4v) is 4.34. The molecule has 2 aromatic heterocycles. The van der Waals surface area contributed by atoms with Crippen LogP contribution in [0.4, 0.5) is 5.95 Å². The minimum Gasteiger partial charge on any atom is -0.338 e. The van der Waals surface area contributed by atoms with Crippen LogP contribution >= 0.6 is 0 Å². The third-order valence-corrected chi connectivity index (χ3v) is 5.98. The van der Waals surface area contributed by atoms with Gasteiger partial charge in [0.2, 0.25) is 5.95 Å². The lowest BCUT2D eigenvalue weighted by Crippen LogP contribution is -2.51. The van der Waals surface area contributed by atoms with Gasteiger partial charge in [0.05, 0.1) is 11.3 Å². The topological polar surface area (TPSA) is 70.4 Å². The second-order valence-corrected chi connectivity index (χ2v) is 8.11. The summed E-state index contributed by atoms with van der Waals surface area (Å²) in [6.07, 6.45) is 5.79. The molecule has 1 unspecified atom stereocenters. The first-order valence-corrected chi connectivity index (χ1v) is 10.7. The Hall–Kier alpha value is -2.48. The van der Waals surface area contributed by atoms with E-state index in [-0.39, 0.29) is 5.91 Å². The Morgan fingerprint density at radius 1 is 1.17 bits per heavy atom. The molecule has 1 atom stereocenters. The van der Waals surface area contributed by atoms with Gasteiger partial charge in [-0.3, -0.25) is 14.4 Å². The zero-order valence-electron chi connectivity index (χ0n) is 17.7. The van der Waals surface area contributed by atoms with E-state index in [0.717, 1.165) is 81.6 Å². The predicted molar refractivity (Wildman–Crippen MR) is 112 cm³/mol. The molecule has 8 heteroatoms. The van der Waals surface area contributed by atoms with Crippen LogP contribution in [0, 0.1) is 13.8 Å². The van der Waals surface area contributed by atoms with E-state index in [0.29, 0.717) is 6.04 Å². The van der Waals surface area contributed by atoms with Crippen LogP contribution in [0.1, 0.15) is 41.5 Å². The van der Waals surface area contributed by atoms with Crippen LogP contribution in [0.3, 0.4) is 0 Å². The molecule has 0 bridgehead atoms. The molecular weight excluding hydrogens is 366 g/mol. The van der Waals surface area contributed by atoms with E-state index in [1.807, 2.05) is 41.9 Å². The number of carbonyl (C=O) groups excluding carboxylic acids is 1. The van der Waals surface area contributed by atoms with Gasteiger partial charge in [-0.1, -0.05) is 6.92 Å². The number of piperazine rings is 1. The largest absolute Gasteiger partial charge is 0.338 e. The molecule has 0 saturated carbocycles. The van der Waals surface area contributed by atoms with E-state index in [4.69, 9.17) is 0 Å².